The fourth-order valence-corrected chi connectivity index (χ4v) is 4.39. The van der Waals surface area contributed by atoms with Gasteiger partial charge in [-0.1, -0.05) is 19.3 Å². The summed E-state index contributed by atoms with van der Waals surface area (Å²) in [6, 6.07) is 4.13. The monoisotopic (exact) mass is 429 g/mol. The van der Waals surface area contributed by atoms with Gasteiger partial charge in [-0.25, -0.2) is 4.79 Å². The lowest BCUT2D eigenvalue weighted by Gasteiger charge is -2.33. The molecule has 8 heteroatoms. The van der Waals surface area contributed by atoms with Crippen LogP contribution in [0, 0.1) is 5.92 Å². The molecule has 1 fully saturated rings. The van der Waals surface area contributed by atoms with Crippen molar-refractivity contribution in [1.29, 1.82) is 0 Å². The van der Waals surface area contributed by atoms with Gasteiger partial charge in [0.2, 0.25) is 0 Å². The number of rotatable bonds is 10. The minimum absolute atomic E-state index is 0.206. The molecule has 3 rings (SSSR count). The Hall–Kier alpha value is -2.87. The highest BCUT2D eigenvalue weighted by Gasteiger charge is 2.35. The number of carboxylic acids is 1. The predicted molar refractivity (Wildman–Crippen MR) is 117 cm³/mol. The van der Waals surface area contributed by atoms with Gasteiger partial charge in [0.05, 0.1) is 12.7 Å². The van der Waals surface area contributed by atoms with E-state index < -0.39 is 23.7 Å². The number of nitrogens with zero attached hydrogens (tertiary/aromatic N) is 1. The molecule has 0 radical (unpaired) electrons. The largest absolute Gasteiger partial charge is 0.497 e. The second-order valence-electron chi connectivity index (χ2n) is 8.19. The van der Waals surface area contributed by atoms with Crippen molar-refractivity contribution in [2.75, 3.05) is 20.2 Å². The van der Waals surface area contributed by atoms with E-state index in [4.69, 9.17) is 10.5 Å². The highest BCUT2D eigenvalue weighted by molar-refractivity contribution is 6.45. The van der Waals surface area contributed by atoms with E-state index in [1.165, 1.54) is 11.1 Å². The van der Waals surface area contributed by atoms with Gasteiger partial charge in [0.15, 0.2) is 0 Å². The minimum atomic E-state index is -1.10. The van der Waals surface area contributed by atoms with Gasteiger partial charge >= 0.3 is 5.97 Å². The van der Waals surface area contributed by atoms with Crippen LogP contribution < -0.4 is 10.5 Å². The number of ketones is 1. The van der Waals surface area contributed by atoms with Crippen molar-refractivity contribution in [3.05, 3.63) is 30.0 Å². The van der Waals surface area contributed by atoms with E-state index in [-0.39, 0.29) is 24.4 Å². The van der Waals surface area contributed by atoms with Gasteiger partial charge in [0.1, 0.15) is 11.8 Å². The molecule has 1 amide bonds. The molecule has 1 heterocycles. The lowest BCUT2D eigenvalue weighted by molar-refractivity contribution is -0.149. The highest BCUT2D eigenvalue weighted by atomic mass is 16.5. The number of carboxylic acid groups (broad SMARTS) is 1. The molecule has 2 aromatic rings. The van der Waals surface area contributed by atoms with Crippen LogP contribution in [0.4, 0.5) is 0 Å². The summed E-state index contributed by atoms with van der Waals surface area (Å²) in [5.41, 5.74) is 6.49. The maximum Gasteiger partial charge on any atom is 0.326 e. The van der Waals surface area contributed by atoms with Crippen molar-refractivity contribution in [2.24, 2.45) is 11.7 Å². The Morgan fingerprint density at radius 2 is 2.00 bits per heavy atom. The molecule has 8 nitrogen and oxygen atoms in total. The number of H-pyrrole nitrogens is 1. The van der Waals surface area contributed by atoms with Crippen LogP contribution in [0.5, 0.6) is 5.75 Å². The molecule has 4 N–H and O–H groups in total. The number of Topliss-reactive ketones (excluding diaryl/α,β-unsaturated/α-hetero) is 1. The van der Waals surface area contributed by atoms with Gasteiger partial charge in [0, 0.05) is 29.7 Å². The molecule has 1 aliphatic rings. The fraction of sp³-hybridized carbons (Fsp3) is 0.522. The number of nitrogens with one attached hydrogen (secondary N) is 1. The number of methoxy groups -OCH3 is 1. The molecule has 0 spiro atoms. The van der Waals surface area contributed by atoms with Crippen molar-refractivity contribution in [2.45, 2.75) is 51.0 Å². The molecule has 1 aliphatic carbocycles. The molecule has 0 unspecified atom stereocenters. The van der Waals surface area contributed by atoms with Crippen LogP contribution in [0.1, 0.15) is 55.3 Å². The smallest absolute Gasteiger partial charge is 0.326 e. The van der Waals surface area contributed by atoms with Crippen molar-refractivity contribution < 1.29 is 24.2 Å². The van der Waals surface area contributed by atoms with E-state index in [2.05, 4.69) is 4.98 Å². The van der Waals surface area contributed by atoms with E-state index in [0.29, 0.717) is 29.6 Å². The molecule has 1 aromatic carbocycles. The van der Waals surface area contributed by atoms with Gasteiger partial charge in [-0.15, -0.1) is 0 Å². The number of fused-ring (bicyclic) bond motifs is 1. The van der Waals surface area contributed by atoms with E-state index in [0.717, 1.165) is 32.1 Å². The third kappa shape index (κ3) is 5.25. The van der Waals surface area contributed by atoms with Crippen LogP contribution in [0.15, 0.2) is 24.4 Å². The normalized spacial score (nSPS) is 15.5. The number of ether oxygens (including phenoxy) is 1. The predicted octanol–water partition coefficient (Wildman–Crippen LogP) is 2.96. The van der Waals surface area contributed by atoms with Crippen molar-refractivity contribution in [1.82, 2.24) is 9.88 Å². The molecule has 0 aliphatic heterocycles. The van der Waals surface area contributed by atoms with Crippen LogP contribution in [-0.2, 0) is 9.59 Å². The van der Waals surface area contributed by atoms with Gasteiger partial charge in [-0.3, -0.25) is 9.59 Å². The first-order valence-electron chi connectivity index (χ1n) is 10.9. The van der Waals surface area contributed by atoms with Crippen LogP contribution in [0.25, 0.3) is 10.9 Å². The number of aromatic amines is 1. The average Bonchev–Trinajstić information content (AvgIpc) is 3.21. The maximum absolute atomic E-state index is 13.3. The average molecular weight is 430 g/mol. The number of hydrogen-bond acceptors (Lipinski definition) is 5. The van der Waals surface area contributed by atoms with Gasteiger partial charge < -0.3 is 25.5 Å². The molecule has 31 heavy (non-hydrogen) atoms. The Morgan fingerprint density at radius 3 is 2.65 bits per heavy atom. The van der Waals surface area contributed by atoms with Crippen molar-refractivity contribution >= 4 is 28.6 Å². The quantitative estimate of drug-likeness (QED) is 0.394. The Bertz CT molecular complexity index is 932. The molecular weight excluding hydrogens is 398 g/mol. The van der Waals surface area contributed by atoms with Crippen molar-refractivity contribution in [3.63, 3.8) is 0 Å². The van der Waals surface area contributed by atoms with Crippen LogP contribution >= 0.6 is 0 Å². The summed E-state index contributed by atoms with van der Waals surface area (Å²) in [6.45, 7) is 0.607. The Morgan fingerprint density at radius 1 is 1.26 bits per heavy atom. The summed E-state index contributed by atoms with van der Waals surface area (Å²) in [4.78, 5) is 42.8. The first-order chi connectivity index (χ1) is 15.0. The highest BCUT2D eigenvalue weighted by Crippen LogP contribution is 2.28. The van der Waals surface area contributed by atoms with Gasteiger partial charge in [-0.05, 0) is 50.3 Å². The number of carbonyl (C=O) groups is 3. The lowest BCUT2D eigenvalue weighted by Crippen LogP contribution is -2.50. The first kappa shape index (κ1) is 22.8. The van der Waals surface area contributed by atoms with Crippen LogP contribution in [0.3, 0.4) is 0 Å². The second-order valence-corrected chi connectivity index (χ2v) is 8.19. The zero-order chi connectivity index (χ0) is 22.4. The zero-order valence-electron chi connectivity index (χ0n) is 17.9. The Labute approximate surface area is 181 Å². The maximum atomic E-state index is 13.3. The summed E-state index contributed by atoms with van der Waals surface area (Å²) in [6.07, 6.45) is 7.34. The van der Waals surface area contributed by atoms with Crippen LogP contribution in [0.2, 0.25) is 0 Å². The molecule has 1 atom stereocenters. The third-order valence-corrected chi connectivity index (χ3v) is 6.11. The molecular formula is C23H31N3O5. The number of benzene rings is 1. The molecule has 0 bridgehead atoms. The number of amides is 1. The van der Waals surface area contributed by atoms with E-state index in [1.54, 1.807) is 25.3 Å². The number of carbonyl (C=O) groups excluding carboxylic acids is 2. The SMILES string of the molecule is COc1ccc2c(C(=O)C(=O)N(CC3CCCCC3)[C@@H](CCCN)C(=O)O)c[nH]c2c1. The van der Waals surface area contributed by atoms with Gasteiger partial charge in [-0.2, -0.15) is 0 Å². The van der Waals surface area contributed by atoms with E-state index >= 15 is 0 Å². The first-order valence-corrected chi connectivity index (χ1v) is 10.9. The lowest BCUT2D eigenvalue weighted by atomic mass is 9.88. The Kier molecular flexibility index (Phi) is 7.68. The molecule has 1 saturated carbocycles. The number of hydrogen-bond donors (Lipinski definition) is 3. The summed E-state index contributed by atoms with van der Waals surface area (Å²) in [5.74, 6) is -1.74. The Balaban J connectivity index is 1.90. The molecule has 1 aromatic heterocycles. The van der Waals surface area contributed by atoms with E-state index in [9.17, 15) is 19.5 Å². The van der Waals surface area contributed by atoms with E-state index in [1.807, 2.05) is 0 Å². The zero-order valence-corrected chi connectivity index (χ0v) is 17.9. The molecule has 168 valence electrons. The standard InChI is InChI=1S/C23H31N3O5/c1-31-16-9-10-17-18(13-25-19(17)12-16)21(27)22(28)26(14-15-6-3-2-4-7-15)20(23(29)30)8-5-11-24/h9-10,12-13,15,20,25H,2-8,11,14,24H2,1H3,(H,29,30)/t20-/m0/s1. The second kappa shape index (κ2) is 10.4. The summed E-state index contributed by atoms with van der Waals surface area (Å²) in [5, 5.41) is 10.4. The third-order valence-electron chi connectivity index (χ3n) is 6.11. The summed E-state index contributed by atoms with van der Waals surface area (Å²) in [7, 11) is 1.55. The number of aromatic nitrogens is 1. The molecule has 0 saturated heterocycles. The van der Waals surface area contributed by atoms with Crippen LogP contribution in [-0.4, -0.2) is 58.9 Å². The summed E-state index contributed by atoms with van der Waals surface area (Å²) < 4.78 is 5.20. The summed E-state index contributed by atoms with van der Waals surface area (Å²) >= 11 is 0. The fourth-order valence-electron chi connectivity index (χ4n) is 4.39. The van der Waals surface area contributed by atoms with Gasteiger partial charge in [0.25, 0.3) is 11.7 Å². The number of aliphatic carboxylic acids is 1. The topological polar surface area (TPSA) is 126 Å². The number of nitrogens with two attached hydrogens (primary N) is 1. The van der Waals surface area contributed by atoms with Crippen molar-refractivity contribution in [3.8, 4) is 5.75 Å². The minimum Gasteiger partial charge on any atom is -0.497 e.